The SMILES string of the molecule is CCOC(=O)C(NC(=O)c1ccccc1)c1cc(I)ccc1OC. The summed E-state index contributed by atoms with van der Waals surface area (Å²) in [4.78, 5) is 24.9. The summed E-state index contributed by atoms with van der Waals surface area (Å²) in [7, 11) is 1.52. The smallest absolute Gasteiger partial charge is 0.333 e. The average molecular weight is 439 g/mol. The van der Waals surface area contributed by atoms with Gasteiger partial charge in [0, 0.05) is 14.7 Å². The Balaban J connectivity index is 2.37. The van der Waals surface area contributed by atoms with Crippen LogP contribution >= 0.6 is 22.6 Å². The Bertz CT molecular complexity index is 718. The van der Waals surface area contributed by atoms with Gasteiger partial charge in [0.25, 0.3) is 5.91 Å². The van der Waals surface area contributed by atoms with Crippen molar-refractivity contribution >= 4 is 34.5 Å². The second-order valence-corrected chi connectivity index (χ2v) is 6.16. The number of benzene rings is 2. The molecule has 0 aromatic heterocycles. The largest absolute Gasteiger partial charge is 0.496 e. The molecule has 1 N–H and O–H groups in total. The van der Waals surface area contributed by atoms with E-state index in [-0.39, 0.29) is 12.5 Å². The lowest BCUT2D eigenvalue weighted by Gasteiger charge is -2.20. The summed E-state index contributed by atoms with van der Waals surface area (Å²) in [5, 5.41) is 2.74. The van der Waals surface area contributed by atoms with E-state index in [0.717, 1.165) is 3.57 Å². The second kappa shape index (κ2) is 8.68. The fraction of sp³-hybridized carbons (Fsp3) is 0.222. The molecule has 5 nitrogen and oxygen atoms in total. The summed E-state index contributed by atoms with van der Waals surface area (Å²) in [5.41, 5.74) is 1.03. The van der Waals surface area contributed by atoms with Crippen molar-refractivity contribution < 1.29 is 19.1 Å². The van der Waals surface area contributed by atoms with Gasteiger partial charge < -0.3 is 14.8 Å². The summed E-state index contributed by atoms with van der Waals surface area (Å²) in [5.74, 6) is -0.363. The third kappa shape index (κ3) is 4.47. The third-order valence-electron chi connectivity index (χ3n) is 3.34. The van der Waals surface area contributed by atoms with Gasteiger partial charge in [-0.3, -0.25) is 4.79 Å². The zero-order valence-electron chi connectivity index (χ0n) is 13.4. The summed E-state index contributed by atoms with van der Waals surface area (Å²) < 4.78 is 11.4. The molecule has 0 spiro atoms. The van der Waals surface area contributed by atoms with Gasteiger partial charge in [-0.15, -0.1) is 0 Å². The van der Waals surface area contributed by atoms with Crippen molar-refractivity contribution in [1.82, 2.24) is 5.32 Å². The Morgan fingerprint density at radius 2 is 1.88 bits per heavy atom. The van der Waals surface area contributed by atoms with E-state index in [1.807, 2.05) is 12.1 Å². The van der Waals surface area contributed by atoms with Gasteiger partial charge >= 0.3 is 5.97 Å². The highest BCUT2D eigenvalue weighted by Gasteiger charge is 2.27. The first-order valence-electron chi connectivity index (χ1n) is 7.42. The van der Waals surface area contributed by atoms with Gasteiger partial charge in [0.05, 0.1) is 13.7 Å². The molecule has 1 unspecified atom stereocenters. The van der Waals surface area contributed by atoms with Gasteiger partial charge in [0.15, 0.2) is 6.04 Å². The molecule has 2 aromatic carbocycles. The Hall–Kier alpha value is -2.09. The predicted molar refractivity (Wildman–Crippen MR) is 99.0 cm³/mol. The van der Waals surface area contributed by atoms with Crippen LogP contribution in [0.15, 0.2) is 48.5 Å². The van der Waals surface area contributed by atoms with E-state index in [0.29, 0.717) is 16.9 Å². The molecular formula is C18H18INO4. The monoisotopic (exact) mass is 439 g/mol. The fourth-order valence-electron chi connectivity index (χ4n) is 2.22. The molecule has 0 saturated carbocycles. The van der Waals surface area contributed by atoms with Crippen LogP contribution < -0.4 is 10.1 Å². The molecule has 1 atom stereocenters. The number of amides is 1. The lowest BCUT2D eigenvalue weighted by Crippen LogP contribution is -2.35. The molecule has 0 saturated heterocycles. The minimum absolute atomic E-state index is 0.225. The van der Waals surface area contributed by atoms with Gasteiger partial charge in [0.2, 0.25) is 0 Å². The van der Waals surface area contributed by atoms with Gasteiger partial charge in [-0.25, -0.2) is 4.79 Å². The molecule has 0 radical (unpaired) electrons. The molecule has 126 valence electrons. The molecule has 1 amide bonds. The van der Waals surface area contributed by atoms with Gasteiger partial charge in [-0.05, 0) is 59.8 Å². The van der Waals surface area contributed by atoms with Crippen molar-refractivity contribution in [3.63, 3.8) is 0 Å². The zero-order chi connectivity index (χ0) is 17.5. The quantitative estimate of drug-likeness (QED) is 0.554. The molecule has 0 aliphatic heterocycles. The molecule has 2 rings (SSSR count). The summed E-state index contributed by atoms with van der Waals surface area (Å²) in [6.45, 7) is 1.95. The number of hydrogen-bond donors (Lipinski definition) is 1. The highest BCUT2D eigenvalue weighted by atomic mass is 127. The molecular weight excluding hydrogens is 421 g/mol. The number of halogens is 1. The van der Waals surface area contributed by atoms with Gasteiger partial charge in [-0.2, -0.15) is 0 Å². The number of rotatable bonds is 6. The first-order chi connectivity index (χ1) is 11.6. The van der Waals surface area contributed by atoms with Crippen molar-refractivity contribution in [2.45, 2.75) is 13.0 Å². The summed E-state index contributed by atoms with van der Waals surface area (Å²) >= 11 is 2.14. The maximum atomic E-state index is 12.5. The maximum absolute atomic E-state index is 12.5. The zero-order valence-corrected chi connectivity index (χ0v) is 15.6. The van der Waals surface area contributed by atoms with Crippen molar-refractivity contribution in [2.75, 3.05) is 13.7 Å². The van der Waals surface area contributed by atoms with Crippen LogP contribution in [0, 0.1) is 3.57 Å². The van der Waals surface area contributed by atoms with Crippen molar-refractivity contribution in [3.8, 4) is 5.75 Å². The van der Waals surface area contributed by atoms with E-state index in [1.54, 1.807) is 43.3 Å². The number of methoxy groups -OCH3 is 1. The standard InChI is InChI=1S/C18H18INO4/c1-3-24-18(22)16(14-11-13(19)9-10-15(14)23-2)20-17(21)12-7-5-4-6-8-12/h4-11,16H,3H2,1-2H3,(H,20,21). The number of carbonyl (C=O) groups excluding carboxylic acids is 2. The Kier molecular flexibility index (Phi) is 6.60. The van der Waals surface area contributed by atoms with E-state index in [2.05, 4.69) is 27.9 Å². The van der Waals surface area contributed by atoms with Crippen LogP contribution in [0.4, 0.5) is 0 Å². The minimum atomic E-state index is -0.942. The van der Waals surface area contributed by atoms with E-state index in [9.17, 15) is 9.59 Å². The molecule has 0 aliphatic carbocycles. The Labute approximate surface area is 154 Å². The van der Waals surface area contributed by atoms with Crippen LogP contribution in [0.5, 0.6) is 5.75 Å². The van der Waals surface area contributed by atoms with Gasteiger partial charge in [-0.1, -0.05) is 18.2 Å². The van der Waals surface area contributed by atoms with E-state index in [1.165, 1.54) is 7.11 Å². The number of ether oxygens (including phenoxy) is 2. The molecule has 2 aromatic rings. The predicted octanol–water partition coefficient (Wildman–Crippen LogP) is 3.33. The van der Waals surface area contributed by atoms with Crippen LogP contribution in [-0.4, -0.2) is 25.6 Å². The molecule has 0 heterocycles. The van der Waals surface area contributed by atoms with Crippen molar-refractivity contribution in [2.24, 2.45) is 0 Å². The van der Waals surface area contributed by atoms with E-state index >= 15 is 0 Å². The van der Waals surface area contributed by atoms with E-state index in [4.69, 9.17) is 9.47 Å². The second-order valence-electron chi connectivity index (χ2n) is 4.91. The number of esters is 1. The molecule has 6 heteroatoms. The third-order valence-corrected chi connectivity index (χ3v) is 4.01. The highest BCUT2D eigenvalue weighted by molar-refractivity contribution is 14.1. The van der Waals surface area contributed by atoms with Gasteiger partial charge in [0.1, 0.15) is 5.75 Å². The fourth-order valence-corrected chi connectivity index (χ4v) is 2.74. The molecule has 0 aliphatic rings. The number of hydrogen-bond acceptors (Lipinski definition) is 4. The lowest BCUT2D eigenvalue weighted by molar-refractivity contribution is -0.145. The first kappa shape index (κ1) is 18.3. The Morgan fingerprint density at radius 3 is 2.50 bits per heavy atom. The highest BCUT2D eigenvalue weighted by Crippen LogP contribution is 2.28. The molecule has 0 bridgehead atoms. The van der Waals surface area contributed by atoms with Crippen LogP contribution in [0.1, 0.15) is 28.9 Å². The van der Waals surface area contributed by atoms with Crippen molar-refractivity contribution in [3.05, 3.63) is 63.2 Å². The Morgan fingerprint density at radius 1 is 1.17 bits per heavy atom. The van der Waals surface area contributed by atoms with Crippen molar-refractivity contribution in [1.29, 1.82) is 0 Å². The number of carbonyl (C=O) groups is 2. The minimum Gasteiger partial charge on any atom is -0.496 e. The molecule has 0 fully saturated rings. The van der Waals surface area contributed by atoms with Crippen LogP contribution in [-0.2, 0) is 9.53 Å². The average Bonchev–Trinajstić information content (AvgIpc) is 2.60. The molecule has 24 heavy (non-hydrogen) atoms. The first-order valence-corrected chi connectivity index (χ1v) is 8.50. The topological polar surface area (TPSA) is 64.6 Å². The van der Waals surface area contributed by atoms with Crippen LogP contribution in [0.3, 0.4) is 0 Å². The maximum Gasteiger partial charge on any atom is 0.333 e. The summed E-state index contributed by atoms with van der Waals surface area (Å²) in [6.07, 6.45) is 0. The normalized spacial score (nSPS) is 11.5. The lowest BCUT2D eigenvalue weighted by atomic mass is 10.0. The van der Waals surface area contributed by atoms with Crippen LogP contribution in [0.2, 0.25) is 0 Å². The summed E-state index contributed by atoms with van der Waals surface area (Å²) in [6, 6.07) is 13.2. The number of nitrogens with one attached hydrogen (secondary N) is 1. The van der Waals surface area contributed by atoms with Crippen LogP contribution in [0.25, 0.3) is 0 Å². The van der Waals surface area contributed by atoms with E-state index < -0.39 is 12.0 Å².